The Hall–Kier alpha value is -2.52. The number of nitrogens with two attached hydrogens (primary N) is 1. The molecule has 1 aliphatic rings. The summed E-state index contributed by atoms with van der Waals surface area (Å²) in [5, 5.41) is 2.49. The average molecular weight is 437 g/mol. The molecule has 0 radical (unpaired) electrons. The standard InChI is InChI=1S/C22H33FN4O4/c1-14(2)11-26(13-22(3,4)5)19(20(24)29)21(30)25-17-7-6-15(10-16(17)23)27-8-9-31-12-18(27)28/h6-7,10,14,19H,8-9,11-13H2,1-5H3,(H2,24,29)(H,25,30)/t19-/m1/s1. The number of hydrogen-bond donors (Lipinski definition) is 2. The van der Waals surface area contributed by atoms with Crippen LogP contribution in [-0.4, -0.2) is 61.5 Å². The lowest BCUT2D eigenvalue weighted by molar-refractivity contribution is -0.133. The molecule has 0 bridgehead atoms. The lowest BCUT2D eigenvalue weighted by atomic mass is 9.94. The van der Waals surface area contributed by atoms with Gasteiger partial charge in [0.15, 0.2) is 6.04 Å². The van der Waals surface area contributed by atoms with E-state index in [1.807, 2.05) is 34.6 Å². The van der Waals surface area contributed by atoms with Crippen molar-refractivity contribution in [3.63, 3.8) is 0 Å². The highest BCUT2D eigenvalue weighted by atomic mass is 19.1. The zero-order valence-corrected chi connectivity index (χ0v) is 18.9. The van der Waals surface area contributed by atoms with Crippen molar-refractivity contribution < 1.29 is 23.5 Å². The maximum Gasteiger partial charge on any atom is 0.253 e. The number of carbonyl (C=O) groups excluding carboxylic acids is 3. The number of morpholine rings is 1. The van der Waals surface area contributed by atoms with Gasteiger partial charge >= 0.3 is 0 Å². The molecule has 1 aliphatic heterocycles. The highest BCUT2D eigenvalue weighted by Gasteiger charge is 2.34. The first kappa shape index (κ1) is 24.7. The van der Waals surface area contributed by atoms with Gasteiger partial charge in [0.05, 0.1) is 12.3 Å². The highest BCUT2D eigenvalue weighted by molar-refractivity contribution is 6.09. The summed E-state index contributed by atoms with van der Waals surface area (Å²) in [4.78, 5) is 40.3. The number of rotatable bonds is 8. The van der Waals surface area contributed by atoms with Crippen molar-refractivity contribution in [2.45, 2.75) is 40.7 Å². The Bertz CT molecular complexity index is 822. The molecule has 1 atom stereocenters. The van der Waals surface area contributed by atoms with E-state index in [-0.39, 0.29) is 29.5 Å². The third-order valence-corrected chi connectivity index (χ3v) is 4.67. The summed E-state index contributed by atoms with van der Waals surface area (Å²) in [6, 6.07) is 2.86. The summed E-state index contributed by atoms with van der Waals surface area (Å²) in [6.07, 6.45) is 0. The molecule has 31 heavy (non-hydrogen) atoms. The number of halogens is 1. The van der Waals surface area contributed by atoms with Gasteiger partial charge in [-0.15, -0.1) is 0 Å². The molecular formula is C22H33FN4O4. The van der Waals surface area contributed by atoms with E-state index in [4.69, 9.17) is 10.5 Å². The predicted molar refractivity (Wildman–Crippen MR) is 117 cm³/mol. The van der Waals surface area contributed by atoms with Crippen molar-refractivity contribution in [1.29, 1.82) is 0 Å². The number of hydrogen-bond acceptors (Lipinski definition) is 5. The molecule has 172 valence electrons. The van der Waals surface area contributed by atoms with Crippen LogP contribution < -0.4 is 16.0 Å². The van der Waals surface area contributed by atoms with Crippen LogP contribution in [0.2, 0.25) is 0 Å². The van der Waals surface area contributed by atoms with E-state index >= 15 is 0 Å². The maximum absolute atomic E-state index is 14.7. The SMILES string of the molecule is CC(C)CN(CC(C)(C)C)[C@H](C(N)=O)C(=O)Nc1ccc(N2CCOCC2=O)cc1F. The molecule has 0 saturated carbocycles. The van der Waals surface area contributed by atoms with E-state index in [1.165, 1.54) is 17.0 Å². The second-order valence-corrected chi connectivity index (χ2v) is 9.44. The number of carbonyl (C=O) groups is 3. The fourth-order valence-electron chi connectivity index (χ4n) is 3.58. The number of primary amides is 1. The minimum absolute atomic E-state index is 0.0557. The molecule has 1 aromatic rings. The van der Waals surface area contributed by atoms with Crippen molar-refractivity contribution in [2.75, 3.05) is 43.1 Å². The molecule has 8 nitrogen and oxygen atoms in total. The molecule has 2 rings (SSSR count). The van der Waals surface area contributed by atoms with Gasteiger partial charge in [0.2, 0.25) is 5.91 Å². The molecule has 0 aromatic heterocycles. The number of benzene rings is 1. The van der Waals surface area contributed by atoms with E-state index in [0.717, 1.165) is 0 Å². The Labute approximate surface area is 182 Å². The van der Waals surface area contributed by atoms with Gasteiger partial charge in [0, 0.05) is 25.3 Å². The number of ether oxygens (including phenoxy) is 1. The Morgan fingerprint density at radius 3 is 2.52 bits per heavy atom. The summed E-state index contributed by atoms with van der Waals surface area (Å²) >= 11 is 0. The van der Waals surface area contributed by atoms with Gasteiger partial charge in [-0.3, -0.25) is 19.3 Å². The monoisotopic (exact) mass is 436 g/mol. The first-order valence-electron chi connectivity index (χ1n) is 10.4. The third kappa shape index (κ3) is 7.00. The predicted octanol–water partition coefficient (Wildman–Crippen LogP) is 1.99. The van der Waals surface area contributed by atoms with Crippen LogP contribution >= 0.6 is 0 Å². The van der Waals surface area contributed by atoms with E-state index in [0.29, 0.717) is 31.9 Å². The fourth-order valence-corrected chi connectivity index (χ4v) is 3.58. The van der Waals surface area contributed by atoms with Crippen LogP contribution in [0.15, 0.2) is 18.2 Å². The summed E-state index contributed by atoms with van der Waals surface area (Å²) < 4.78 is 19.8. The zero-order chi connectivity index (χ0) is 23.3. The van der Waals surface area contributed by atoms with Crippen LogP contribution in [0.5, 0.6) is 0 Å². The van der Waals surface area contributed by atoms with E-state index in [2.05, 4.69) is 5.32 Å². The van der Waals surface area contributed by atoms with Crippen molar-refractivity contribution in [3.05, 3.63) is 24.0 Å². The largest absolute Gasteiger partial charge is 0.370 e. The first-order valence-corrected chi connectivity index (χ1v) is 10.4. The molecule has 1 aromatic carbocycles. The number of anilines is 2. The molecular weight excluding hydrogens is 403 g/mol. The summed E-state index contributed by atoms with van der Waals surface area (Å²) in [5.74, 6) is -2.26. The molecule has 1 fully saturated rings. The van der Waals surface area contributed by atoms with Gasteiger partial charge in [-0.1, -0.05) is 34.6 Å². The minimum atomic E-state index is -1.23. The van der Waals surface area contributed by atoms with Crippen LogP contribution in [0.25, 0.3) is 0 Å². The number of nitrogens with one attached hydrogen (secondary N) is 1. The number of amides is 3. The van der Waals surface area contributed by atoms with E-state index in [9.17, 15) is 18.8 Å². The lowest BCUT2D eigenvalue weighted by Gasteiger charge is -2.35. The van der Waals surface area contributed by atoms with Gasteiger partial charge in [-0.2, -0.15) is 0 Å². The van der Waals surface area contributed by atoms with Crippen LogP contribution in [0, 0.1) is 17.2 Å². The topological polar surface area (TPSA) is 105 Å². The fraction of sp³-hybridized carbons (Fsp3) is 0.591. The van der Waals surface area contributed by atoms with Gasteiger partial charge < -0.3 is 20.7 Å². The Morgan fingerprint density at radius 1 is 1.32 bits per heavy atom. The van der Waals surface area contributed by atoms with Crippen molar-refractivity contribution >= 4 is 29.1 Å². The van der Waals surface area contributed by atoms with Gasteiger partial charge in [-0.25, -0.2) is 4.39 Å². The Kier molecular flexibility index (Phi) is 8.14. The molecule has 3 amide bonds. The van der Waals surface area contributed by atoms with Crippen molar-refractivity contribution in [3.8, 4) is 0 Å². The van der Waals surface area contributed by atoms with Crippen molar-refractivity contribution in [2.24, 2.45) is 17.1 Å². The third-order valence-electron chi connectivity index (χ3n) is 4.67. The maximum atomic E-state index is 14.7. The Morgan fingerprint density at radius 2 is 2.00 bits per heavy atom. The van der Waals surface area contributed by atoms with E-state index in [1.54, 1.807) is 11.0 Å². The quantitative estimate of drug-likeness (QED) is 0.607. The van der Waals surface area contributed by atoms with Crippen LogP contribution in [0.4, 0.5) is 15.8 Å². The van der Waals surface area contributed by atoms with Crippen LogP contribution in [0.1, 0.15) is 34.6 Å². The molecule has 9 heteroatoms. The highest BCUT2D eigenvalue weighted by Crippen LogP contribution is 2.24. The zero-order valence-electron chi connectivity index (χ0n) is 18.9. The molecule has 0 aliphatic carbocycles. The van der Waals surface area contributed by atoms with Gasteiger partial charge in [-0.05, 0) is 29.5 Å². The first-order chi connectivity index (χ1) is 14.4. The summed E-state index contributed by atoms with van der Waals surface area (Å²) in [7, 11) is 0. The smallest absolute Gasteiger partial charge is 0.253 e. The second kappa shape index (κ2) is 10.2. The molecule has 1 saturated heterocycles. The molecule has 0 unspecified atom stereocenters. The molecule has 1 heterocycles. The van der Waals surface area contributed by atoms with Crippen LogP contribution in [0.3, 0.4) is 0 Å². The summed E-state index contributed by atoms with van der Waals surface area (Å²) in [5.41, 5.74) is 5.69. The Balaban J connectivity index is 2.23. The summed E-state index contributed by atoms with van der Waals surface area (Å²) in [6.45, 7) is 11.6. The average Bonchev–Trinajstić information content (AvgIpc) is 2.61. The normalized spacial score (nSPS) is 16.0. The minimum Gasteiger partial charge on any atom is -0.370 e. The van der Waals surface area contributed by atoms with Crippen LogP contribution in [-0.2, 0) is 19.1 Å². The van der Waals surface area contributed by atoms with Crippen molar-refractivity contribution in [1.82, 2.24) is 4.90 Å². The molecule has 0 spiro atoms. The second-order valence-electron chi connectivity index (χ2n) is 9.44. The van der Waals surface area contributed by atoms with E-state index < -0.39 is 23.7 Å². The number of nitrogens with zero attached hydrogens (tertiary/aromatic N) is 2. The van der Waals surface area contributed by atoms with Gasteiger partial charge in [0.25, 0.3) is 11.8 Å². The molecule has 3 N–H and O–H groups in total. The lowest BCUT2D eigenvalue weighted by Crippen LogP contribution is -2.55. The van der Waals surface area contributed by atoms with Gasteiger partial charge in [0.1, 0.15) is 12.4 Å².